The minimum atomic E-state index is -0.162. The topological polar surface area (TPSA) is 44.8 Å². The fraction of sp³-hybridized carbons (Fsp3) is 0.381. The molecule has 28 heavy (non-hydrogen) atoms. The van der Waals surface area contributed by atoms with Gasteiger partial charge in [-0.15, -0.1) is 0 Å². The van der Waals surface area contributed by atoms with E-state index in [-0.39, 0.29) is 11.9 Å². The van der Waals surface area contributed by atoms with Gasteiger partial charge in [-0.05, 0) is 43.3 Å². The molecule has 1 heterocycles. The summed E-state index contributed by atoms with van der Waals surface area (Å²) >= 11 is 9.51. The molecule has 1 aliphatic rings. The van der Waals surface area contributed by atoms with Crippen LogP contribution in [0.2, 0.25) is 5.02 Å². The van der Waals surface area contributed by atoms with Crippen molar-refractivity contribution in [1.29, 1.82) is 0 Å². The minimum Gasteiger partial charge on any atom is -0.491 e. The maximum atomic E-state index is 12.5. The number of rotatable bonds is 7. The van der Waals surface area contributed by atoms with E-state index >= 15 is 0 Å². The molecule has 150 valence electrons. The van der Waals surface area contributed by atoms with Gasteiger partial charge in [0, 0.05) is 42.9 Å². The molecule has 0 aliphatic carbocycles. The average molecular weight is 467 g/mol. The first-order valence-electron chi connectivity index (χ1n) is 9.43. The third-order valence-corrected chi connectivity index (χ3v) is 5.79. The molecule has 1 saturated heterocycles. The highest BCUT2D eigenvalue weighted by Crippen LogP contribution is 2.23. The molecule has 1 fully saturated rings. The quantitative estimate of drug-likeness (QED) is 0.666. The molecule has 1 atom stereocenters. The molecule has 0 radical (unpaired) electrons. The lowest BCUT2D eigenvalue weighted by Crippen LogP contribution is -2.53. The molecule has 0 saturated carbocycles. The molecule has 0 spiro atoms. The number of nitrogens with one attached hydrogen (secondary N) is 1. The van der Waals surface area contributed by atoms with Crippen LogP contribution in [0, 0.1) is 0 Å². The number of hydrogen-bond donors (Lipinski definition) is 1. The van der Waals surface area contributed by atoms with Crippen molar-refractivity contribution in [2.45, 2.75) is 13.0 Å². The van der Waals surface area contributed by atoms with E-state index in [1.807, 2.05) is 55.5 Å². The van der Waals surface area contributed by atoms with Crippen LogP contribution in [0.1, 0.15) is 6.92 Å². The Kier molecular flexibility index (Phi) is 7.73. The molecule has 0 unspecified atom stereocenters. The van der Waals surface area contributed by atoms with Gasteiger partial charge < -0.3 is 10.1 Å². The van der Waals surface area contributed by atoms with Gasteiger partial charge in [0.2, 0.25) is 5.91 Å². The van der Waals surface area contributed by atoms with Crippen molar-refractivity contribution in [2.24, 2.45) is 0 Å². The van der Waals surface area contributed by atoms with Crippen molar-refractivity contribution >= 4 is 39.1 Å². The SMILES string of the molecule is C[C@@H](C(=O)Nc1ccc(Br)cc1)N1CCN(CCOc2ccccc2Cl)CC1. The van der Waals surface area contributed by atoms with Crippen LogP contribution in [0.4, 0.5) is 5.69 Å². The molecular formula is C21H25BrClN3O2. The van der Waals surface area contributed by atoms with Gasteiger partial charge in [0.05, 0.1) is 11.1 Å². The number of piperazine rings is 1. The summed E-state index contributed by atoms with van der Waals surface area (Å²) in [5.41, 5.74) is 0.815. The number of amides is 1. The lowest BCUT2D eigenvalue weighted by Gasteiger charge is -2.37. The predicted octanol–water partition coefficient (Wildman–Crippen LogP) is 4.13. The van der Waals surface area contributed by atoms with E-state index in [2.05, 4.69) is 31.0 Å². The van der Waals surface area contributed by atoms with Gasteiger partial charge in [0.1, 0.15) is 12.4 Å². The van der Waals surface area contributed by atoms with Crippen LogP contribution in [-0.4, -0.2) is 61.1 Å². The zero-order chi connectivity index (χ0) is 19.9. The van der Waals surface area contributed by atoms with E-state index in [0.717, 1.165) is 48.6 Å². The van der Waals surface area contributed by atoms with Crippen molar-refractivity contribution in [3.63, 3.8) is 0 Å². The van der Waals surface area contributed by atoms with E-state index in [0.29, 0.717) is 11.6 Å². The van der Waals surface area contributed by atoms with Gasteiger partial charge in [0.25, 0.3) is 0 Å². The minimum absolute atomic E-state index is 0.0258. The highest BCUT2D eigenvalue weighted by Gasteiger charge is 2.25. The molecule has 5 nitrogen and oxygen atoms in total. The number of ether oxygens (including phenoxy) is 1. The second kappa shape index (κ2) is 10.3. The summed E-state index contributed by atoms with van der Waals surface area (Å²) in [5.74, 6) is 0.749. The van der Waals surface area contributed by atoms with Crippen LogP contribution < -0.4 is 10.1 Å². The van der Waals surface area contributed by atoms with Crippen LogP contribution in [-0.2, 0) is 4.79 Å². The van der Waals surface area contributed by atoms with Gasteiger partial charge in [0.15, 0.2) is 0 Å². The maximum absolute atomic E-state index is 12.5. The Morgan fingerprint density at radius 2 is 1.82 bits per heavy atom. The van der Waals surface area contributed by atoms with Crippen molar-refractivity contribution in [1.82, 2.24) is 9.80 Å². The van der Waals surface area contributed by atoms with E-state index < -0.39 is 0 Å². The van der Waals surface area contributed by atoms with E-state index in [1.54, 1.807) is 0 Å². The first-order chi connectivity index (χ1) is 13.5. The lowest BCUT2D eigenvalue weighted by atomic mass is 10.2. The first kappa shape index (κ1) is 21.1. The molecular weight excluding hydrogens is 442 g/mol. The van der Waals surface area contributed by atoms with Gasteiger partial charge >= 0.3 is 0 Å². The van der Waals surface area contributed by atoms with Crippen molar-refractivity contribution in [3.05, 3.63) is 58.0 Å². The Labute approximate surface area is 179 Å². The fourth-order valence-corrected chi connectivity index (χ4v) is 3.62. The predicted molar refractivity (Wildman–Crippen MR) is 117 cm³/mol. The van der Waals surface area contributed by atoms with Gasteiger partial charge in [-0.3, -0.25) is 14.6 Å². The van der Waals surface area contributed by atoms with Crippen LogP contribution in [0.15, 0.2) is 53.0 Å². The molecule has 0 aromatic heterocycles. The first-order valence-corrected chi connectivity index (χ1v) is 10.6. The van der Waals surface area contributed by atoms with Gasteiger partial charge in [-0.1, -0.05) is 39.7 Å². The highest BCUT2D eigenvalue weighted by atomic mass is 79.9. The van der Waals surface area contributed by atoms with Crippen LogP contribution in [0.3, 0.4) is 0 Å². The Morgan fingerprint density at radius 3 is 2.50 bits per heavy atom. The number of nitrogens with zero attached hydrogens (tertiary/aromatic N) is 2. The third kappa shape index (κ3) is 5.95. The zero-order valence-electron chi connectivity index (χ0n) is 15.9. The van der Waals surface area contributed by atoms with Crippen LogP contribution in [0.25, 0.3) is 0 Å². The monoisotopic (exact) mass is 465 g/mol. The number of hydrogen-bond acceptors (Lipinski definition) is 4. The summed E-state index contributed by atoms with van der Waals surface area (Å²) in [6.45, 7) is 6.97. The summed E-state index contributed by atoms with van der Waals surface area (Å²) in [6, 6.07) is 15.0. The van der Waals surface area contributed by atoms with Crippen molar-refractivity contribution < 1.29 is 9.53 Å². The fourth-order valence-electron chi connectivity index (χ4n) is 3.17. The molecule has 1 amide bonds. The molecule has 1 aliphatic heterocycles. The lowest BCUT2D eigenvalue weighted by molar-refractivity contribution is -0.121. The summed E-state index contributed by atoms with van der Waals surface area (Å²) in [7, 11) is 0. The van der Waals surface area contributed by atoms with Gasteiger partial charge in [-0.25, -0.2) is 0 Å². The smallest absolute Gasteiger partial charge is 0.241 e. The Hall–Kier alpha value is -1.60. The van der Waals surface area contributed by atoms with Crippen LogP contribution in [0.5, 0.6) is 5.75 Å². The number of halogens is 2. The Morgan fingerprint density at radius 1 is 1.14 bits per heavy atom. The second-order valence-electron chi connectivity index (χ2n) is 6.83. The van der Waals surface area contributed by atoms with Crippen molar-refractivity contribution in [2.75, 3.05) is 44.6 Å². The van der Waals surface area contributed by atoms with E-state index in [4.69, 9.17) is 16.3 Å². The molecule has 2 aromatic rings. The number of carbonyl (C=O) groups is 1. The van der Waals surface area contributed by atoms with Crippen LogP contribution >= 0.6 is 27.5 Å². The third-order valence-electron chi connectivity index (χ3n) is 4.95. The van der Waals surface area contributed by atoms with E-state index in [9.17, 15) is 4.79 Å². The second-order valence-corrected chi connectivity index (χ2v) is 8.15. The van der Waals surface area contributed by atoms with E-state index in [1.165, 1.54) is 0 Å². The highest BCUT2D eigenvalue weighted by molar-refractivity contribution is 9.10. The number of anilines is 1. The number of carbonyl (C=O) groups excluding carboxylic acids is 1. The number of benzene rings is 2. The average Bonchev–Trinajstić information content (AvgIpc) is 2.71. The Balaban J connectivity index is 1.39. The van der Waals surface area contributed by atoms with Gasteiger partial charge in [-0.2, -0.15) is 0 Å². The summed E-state index contributed by atoms with van der Waals surface area (Å²) in [4.78, 5) is 17.1. The molecule has 2 aromatic carbocycles. The number of para-hydroxylation sites is 1. The summed E-state index contributed by atoms with van der Waals surface area (Å²) < 4.78 is 6.77. The molecule has 0 bridgehead atoms. The standard InChI is InChI=1S/C21H25BrClN3O2/c1-16(21(27)24-18-8-6-17(22)7-9-18)26-12-10-25(11-13-26)14-15-28-20-5-3-2-4-19(20)23/h2-9,16H,10-15H2,1H3,(H,24,27)/t16-/m0/s1. The summed E-state index contributed by atoms with van der Waals surface area (Å²) in [5, 5.41) is 3.62. The molecule has 3 rings (SSSR count). The Bertz CT molecular complexity index is 779. The maximum Gasteiger partial charge on any atom is 0.241 e. The normalized spacial score (nSPS) is 16.5. The largest absolute Gasteiger partial charge is 0.491 e. The molecule has 1 N–H and O–H groups in total. The molecule has 7 heteroatoms. The van der Waals surface area contributed by atoms with Crippen molar-refractivity contribution in [3.8, 4) is 5.75 Å². The summed E-state index contributed by atoms with van der Waals surface area (Å²) in [6.07, 6.45) is 0. The zero-order valence-corrected chi connectivity index (χ0v) is 18.2.